The number of nitrogens with zero attached hydrogens (tertiary/aromatic N) is 3. The highest BCUT2D eigenvalue weighted by Gasteiger charge is 2.10. The number of aromatic nitrogens is 3. The first-order chi connectivity index (χ1) is 8.74. The van der Waals surface area contributed by atoms with Crippen LogP contribution in [0.25, 0.3) is 0 Å². The summed E-state index contributed by atoms with van der Waals surface area (Å²) in [6.45, 7) is 2.08. The lowest BCUT2D eigenvalue weighted by molar-refractivity contribution is 0.943. The lowest BCUT2D eigenvalue weighted by atomic mass is 10.2. The van der Waals surface area contributed by atoms with Crippen LogP contribution in [-0.4, -0.2) is 22.0 Å². The number of hydrogen-bond donors (Lipinski definition) is 1. The second-order valence-corrected chi connectivity index (χ2v) is 4.97. The third-order valence-corrected chi connectivity index (χ3v) is 3.62. The topological polar surface area (TPSA) is 50.7 Å². The Balaban J connectivity index is 2.31. The van der Waals surface area contributed by atoms with Crippen LogP contribution in [0, 0.1) is 0 Å². The summed E-state index contributed by atoms with van der Waals surface area (Å²) in [4.78, 5) is 12.8. The van der Waals surface area contributed by atoms with Crippen molar-refractivity contribution in [3.63, 3.8) is 0 Å². The molecule has 0 spiro atoms. The van der Waals surface area contributed by atoms with Gasteiger partial charge in [0.25, 0.3) is 0 Å². The summed E-state index contributed by atoms with van der Waals surface area (Å²) in [6, 6.07) is 3.70. The summed E-state index contributed by atoms with van der Waals surface area (Å²) in [5.74, 6) is 0.865. The van der Waals surface area contributed by atoms with E-state index in [0.29, 0.717) is 5.02 Å². The van der Waals surface area contributed by atoms with Crippen LogP contribution in [-0.2, 0) is 6.42 Å². The molecule has 1 N–H and O–H groups in total. The van der Waals surface area contributed by atoms with Crippen molar-refractivity contribution in [1.82, 2.24) is 15.0 Å². The van der Waals surface area contributed by atoms with E-state index >= 15 is 0 Å². The number of nitrogens with one attached hydrogen (secondary N) is 1. The van der Waals surface area contributed by atoms with E-state index in [1.54, 1.807) is 12.5 Å². The average Bonchev–Trinajstić information content (AvgIpc) is 2.41. The molecule has 6 heteroatoms. The Morgan fingerprint density at radius 1 is 1.28 bits per heavy atom. The molecule has 0 unspecified atom stereocenters. The normalized spacial score (nSPS) is 10.4. The van der Waals surface area contributed by atoms with Crippen molar-refractivity contribution in [2.24, 2.45) is 0 Å². The van der Waals surface area contributed by atoms with Gasteiger partial charge in [-0.3, -0.25) is 0 Å². The second kappa shape index (κ2) is 6.02. The van der Waals surface area contributed by atoms with Crippen molar-refractivity contribution in [3.05, 3.63) is 35.2 Å². The SMILES string of the molecule is CCc1c(NC)ncnc1Sc1ccc(Cl)cn1. The fourth-order valence-electron chi connectivity index (χ4n) is 1.54. The van der Waals surface area contributed by atoms with E-state index < -0.39 is 0 Å². The first-order valence-corrected chi connectivity index (χ1v) is 6.75. The summed E-state index contributed by atoms with van der Waals surface area (Å²) in [6.07, 6.45) is 4.06. The van der Waals surface area contributed by atoms with Gasteiger partial charge in [-0.05, 0) is 30.3 Å². The first kappa shape index (κ1) is 13.1. The molecule has 0 aliphatic carbocycles. The van der Waals surface area contributed by atoms with Crippen molar-refractivity contribution in [1.29, 1.82) is 0 Å². The molecular weight excluding hydrogens is 268 g/mol. The molecule has 94 valence electrons. The first-order valence-electron chi connectivity index (χ1n) is 5.55. The van der Waals surface area contributed by atoms with Gasteiger partial charge in [0.1, 0.15) is 22.2 Å². The van der Waals surface area contributed by atoms with Gasteiger partial charge in [0, 0.05) is 18.8 Å². The molecule has 4 nitrogen and oxygen atoms in total. The molecule has 0 bridgehead atoms. The third-order valence-electron chi connectivity index (χ3n) is 2.40. The molecule has 2 rings (SSSR count). The minimum Gasteiger partial charge on any atom is -0.373 e. The van der Waals surface area contributed by atoms with Crippen molar-refractivity contribution < 1.29 is 0 Å². The Kier molecular flexibility index (Phi) is 4.38. The van der Waals surface area contributed by atoms with E-state index in [-0.39, 0.29) is 0 Å². The molecule has 2 heterocycles. The number of halogens is 1. The van der Waals surface area contributed by atoms with Crippen LogP contribution in [0.2, 0.25) is 5.02 Å². The molecule has 0 fully saturated rings. The van der Waals surface area contributed by atoms with E-state index in [1.165, 1.54) is 11.8 Å². The van der Waals surface area contributed by atoms with Crippen LogP contribution >= 0.6 is 23.4 Å². The smallest absolute Gasteiger partial charge is 0.133 e. The van der Waals surface area contributed by atoms with E-state index in [0.717, 1.165) is 27.9 Å². The summed E-state index contributed by atoms with van der Waals surface area (Å²) < 4.78 is 0. The lowest BCUT2D eigenvalue weighted by Gasteiger charge is -2.09. The van der Waals surface area contributed by atoms with Crippen LogP contribution in [0.4, 0.5) is 5.82 Å². The highest BCUT2D eigenvalue weighted by atomic mass is 35.5. The molecule has 0 aliphatic rings. The summed E-state index contributed by atoms with van der Waals surface area (Å²) >= 11 is 7.33. The minimum atomic E-state index is 0.633. The molecule has 0 aliphatic heterocycles. The Bertz CT molecular complexity index is 530. The summed E-state index contributed by atoms with van der Waals surface area (Å²) in [7, 11) is 1.86. The van der Waals surface area contributed by atoms with Gasteiger partial charge in [0.2, 0.25) is 0 Å². The molecule has 0 saturated carbocycles. The van der Waals surface area contributed by atoms with E-state index in [4.69, 9.17) is 11.6 Å². The second-order valence-electron chi connectivity index (χ2n) is 3.53. The molecular formula is C12H13ClN4S. The molecule has 18 heavy (non-hydrogen) atoms. The Morgan fingerprint density at radius 2 is 2.11 bits per heavy atom. The van der Waals surface area contributed by atoms with Gasteiger partial charge in [0.15, 0.2) is 0 Å². The number of anilines is 1. The Labute approximate surface area is 115 Å². The molecule has 2 aromatic heterocycles. The maximum atomic E-state index is 5.81. The summed E-state index contributed by atoms with van der Waals surface area (Å²) in [5, 5.41) is 5.50. The molecule has 2 aromatic rings. The van der Waals surface area contributed by atoms with E-state index in [2.05, 4.69) is 27.2 Å². The quantitative estimate of drug-likeness (QED) is 0.871. The van der Waals surface area contributed by atoms with Crippen LogP contribution in [0.1, 0.15) is 12.5 Å². The summed E-state index contributed by atoms with van der Waals surface area (Å²) in [5.41, 5.74) is 1.10. The zero-order valence-corrected chi connectivity index (χ0v) is 11.7. The number of pyridine rings is 1. The number of rotatable bonds is 4. The van der Waals surface area contributed by atoms with E-state index in [9.17, 15) is 0 Å². The van der Waals surface area contributed by atoms with Gasteiger partial charge in [-0.15, -0.1) is 0 Å². The molecule has 0 aromatic carbocycles. The lowest BCUT2D eigenvalue weighted by Crippen LogP contribution is -2.01. The maximum Gasteiger partial charge on any atom is 0.133 e. The molecule has 0 amide bonds. The van der Waals surface area contributed by atoms with Gasteiger partial charge >= 0.3 is 0 Å². The Morgan fingerprint density at radius 3 is 2.72 bits per heavy atom. The minimum absolute atomic E-state index is 0.633. The van der Waals surface area contributed by atoms with Gasteiger partial charge in [-0.25, -0.2) is 15.0 Å². The van der Waals surface area contributed by atoms with E-state index in [1.807, 2.05) is 19.2 Å². The van der Waals surface area contributed by atoms with Crippen molar-refractivity contribution in [2.45, 2.75) is 23.4 Å². The largest absolute Gasteiger partial charge is 0.373 e. The average molecular weight is 281 g/mol. The predicted octanol–water partition coefficient (Wildman–Crippen LogP) is 3.28. The molecule has 0 saturated heterocycles. The van der Waals surface area contributed by atoms with Gasteiger partial charge in [-0.1, -0.05) is 18.5 Å². The van der Waals surface area contributed by atoms with Gasteiger partial charge < -0.3 is 5.32 Å². The Hall–Kier alpha value is -1.33. The van der Waals surface area contributed by atoms with Crippen LogP contribution in [0.3, 0.4) is 0 Å². The van der Waals surface area contributed by atoms with Crippen molar-refractivity contribution >= 4 is 29.2 Å². The standard InChI is InChI=1S/C12H13ClN4S/c1-3-9-11(14-2)16-7-17-12(9)18-10-5-4-8(13)6-15-10/h4-7H,3H2,1-2H3,(H,14,16,17). The van der Waals surface area contributed by atoms with Crippen LogP contribution in [0.5, 0.6) is 0 Å². The highest BCUT2D eigenvalue weighted by molar-refractivity contribution is 7.99. The van der Waals surface area contributed by atoms with Crippen molar-refractivity contribution in [2.75, 3.05) is 12.4 Å². The van der Waals surface area contributed by atoms with Crippen LogP contribution in [0.15, 0.2) is 34.7 Å². The van der Waals surface area contributed by atoms with Gasteiger partial charge in [-0.2, -0.15) is 0 Å². The molecule has 0 atom stereocenters. The fraction of sp³-hybridized carbons (Fsp3) is 0.250. The van der Waals surface area contributed by atoms with Gasteiger partial charge in [0.05, 0.1) is 5.02 Å². The zero-order valence-electron chi connectivity index (χ0n) is 10.1. The monoisotopic (exact) mass is 280 g/mol. The molecule has 0 radical (unpaired) electrons. The van der Waals surface area contributed by atoms with Crippen molar-refractivity contribution in [3.8, 4) is 0 Å². The predicted molar refractivity (Wildman–Crippen MR) is 74.3 cm³/mol. The zero-order chi connectivity index (χ0) is 13.0. The fourth-order valence-corrected chi connectivity index (χ4v) is 2.56. The third kappa shape index (κ3) is 2.91. The maximum absolute atomic E-state index is 5.81. The number of hydrogen-bond acceptors (Lipinski definition) is 5. The van der Waals surface area contributed by atoms with Crippen LogP contribution < -0.4 is 5.32 Å². The highest BCUT2D eigenvalue weighted by Crippen LogP contribution is 2.30.